The predicted octanol–water partition coefficient (Wildman–Crippen LogP) is 3.62. The number of nitrogens with one attached hydrogen (secondary N) is 1. The summed E-state index contributed by atoms with van der Waals surface area (Å²) in [6.45, 7) is 9.42. The van der Waals surface area contributed by atoms with Crippen LogP contribution in [0.3, 0.4) is 0 Å². The average molecular weight is 361 g/mol. The van der Waals surface area contributed by atoms with Crippen molar-refractivity contribution in [2.75, 3.05) is 7.05 Å². The predicted molar refractivity (Wildman–Crippen MR) is 103 cm³/mol. The fourth-order valence-electron chi connectivity index (χ4n) is 2.75. The fraction of sp³-hybridized carbons (Fsp3) is 0.400. The molecule has 4 nitrogen and oxygen atoms in total. The van der Waals surface area contributed by atoms with E-state index in [1.165, 1.54) is 21.0 Å². The molecule has 5 heteroatoms. The summed E-state index contributed by atoms with van der Waals surface area (Å²) in [4.78, 5) is 0.335. The number of hydrogen-bond donors (Lipinski definition) is 1. The molecule has 1 N–H and O–H groups in total. The molecule has 25 heavy (non-hydrogen) atoms. The lowest BCUT2D eigenvalue weighted by atomic mass is 10.1. The van der Waals surface area contributed by atoms with Gasteiger partial charge in [0.05, 0.1) is 4.90 Å². The first-order valence-electron chi connectivity index (χ1n) is 8.55. The molecule has 0 aliphatic carbocycles. The second-order valence-corrected chi connectivity index (χ2v) is 8.86. The van der Waals surface area contributed by atoms with Crippen LogP contribution in [0, 0.1) is 13.8 Å². The summed E-state index contributed by atoms with van der Waals surface area (Å²) >= 11 is 0. The first-order chi connectivity index (χ1) is 11.7. The molecule has 0 atom stereocenters. The minimum absolute atomic E-state index is 0.0656. The highest BCUT2D eigenvalue weighted by Crippen LogP contribution is 2.17. The van der Waals surface area contributed by atoms with Gasteiger partial charge in [0, 0.05) is 26.2 Å². The SMILES string of the molecule is Cc1cc(C)cc(CNCc2ccc(S(=O)(=O)N(C)C(C)C)cc2)c1. The number of nitrogens with zero attached hydrogens (tertiary/aromatic N) is 1. The van der Waals surface area contributed by atoms with Crippen LogP contribution in [0.2, 0.25) is 0 Å². The smallest absolute Gasteiger partial charge is 0.243 e. The molecule has 0 unspecified atom stereocenters. The van der Waals surface area contributed by atoms with Crippen molar-refractivity contribution in [3.63, 3.8) is 0 Å². The van der Waals surface area contributed by atoms with Crippen molar-refractivity contribution in [1.29, 1.82) is 0 Å². The maximum absolute atomic E-state index is 12.5. The highest BCUT2D eigenvalue weighted by atomic mass is 32.2. The quantitative estimate of drug-likeness (QED) is 0.820. The maximum Gasteiger partial charge on any atom is 0.243 e. The van der Waals surface area contributed by atoms with Gasteiger partial charge in [-0.25, -0.2) is 8.42 Å². The van der Waals surface area contributed by atoms with Gasteiger partial charge in [-0.05, 0) is 51.0 Å². The summed E-state index contributed by atoms with van der Waals surface area (Å²) < 4.78 is 26.3. The second kappa shape index (κ2) is 8.13. The summed E-state index contributed by atoms with van der Waals surface area (Å²) in [6.07, 6.45) is 0. The molecule has 0 aromatic heterocycles. The first kappa shape index (κ1) is 19.6. The molecular formula is C20H28N2O2S. The summed E-state index contributed by atoms with van der Waals surface area (Å²) in [5.41, 5.74) is 4.85. The Morgan fingerprint density at radius 1 is 0.920 bits per heavy atom. The van der Waals surface area contributed by atoms with Crippen molar-refractivity contribution in [1.82, 2.24) is 9.62 Å². The molecular weight excluding hydrogens is 332 g/mol. The zero-order valence-corrected chi connectivity index (χ0v) is 16.5. The molecule has 0 bridgehead atoms. The Kier molecular flexibility index (Phi) is 6.38. The van der Waals surface area contributed by atoms with Crippen LogP contribution >= 0.6 is 0 Å². The molecule has 0 heterocycles. The number of rotatable bonds is 7. The van der Waals surface area contributed by atoms with Crippen LogP contribution in [0.1, 0.15) is 36.1 Å². The zero-order valence-electron chi connectivity index (χ0n) is 15.7. The van der Waals surface area contributed by atoms with Gasteiger partial charge >= 0.3 is 0 Å². The molecule has 0 aliphatic rings. The molecule has 0 aliphatic heterocycles. The monoisotopic (exact) mass is 360 g/mol. The molecule has 2 rings (SSSR count). The fourth-order valence-corrected chi connectivity index (χ4v) is 4.11. The van der Waals surface area contributed by atoms with E-state index in [1.54, 1.807) is 19.2 Å². The lowest BCUT2D eigenvalue weighted by molar-refractivity contribution is 0.410. The lowest BCUT2D eigenvalue weighted by Gasteiger charge is -2.21. The van der Waals surface area contributed by atoms with Gasteiger partial charge in [0.15, 0.2) is 0 Å². The number of hydrogen-bond acceptors (Lipinski definition) is 3. The van der Waals surface area contributed by atoms with Crippen LogP contribution in [-0.4, -0.2) is 25.8 Å². The van der Waals surface area contributed by atoms with Gasteiger partial charge in [0.2, 0.25) is 10.0 Å². The molecule has 0 radical (unpaired) electrons. The third-order valence-electron chi connectivity index (χ3n) is 4.27. The number of aryl methyl sites for hydroxylation is 2. The minimum Gasteiger partial charge on any atom is -0.309 e. The van der Waals surface area contributed by atoms with Crippen molar-refractivity contribution in [3.8, 4) is 0 Å². The van der Waals surface area contributed by atoms with Crippen molar-refractivity contribution in [2.24, 2.45) is 0 Å². The summed E-state index contributed by atoms with van der Waals surface area (Å²) in [5.74, 6) is 0. The van der Waals surface area contributed by atoms with E-state index in [1.807, 2.05) is 26.0 Å². The maximum atomic E-state index is 12.5. The Balaban J connectivity index is 1.99. The lowest BCUT2D eigenvalue weighted by Crippen LogP contribution is -2.33. The van der Waals surface area contributed by atoms with Crippen LogP contribution in [0.25, 0.3) is 0 Å². The highest BCUT2D eigenvalue weighted by Gasteiger charge is 2.22. The number of benzene rings is 2. The standard InChI is InChI=1S/C20H28N2O2S/c1-15(2)22(5)25(23,24)20-8-6-18(7-9-20)13-21-14-19-11-16(3)10-17(4)12-19/h6-12,15,21H,13-14H2,1-5H3. The van der Waals surface area contributed by atoms with E-state index >= 15 is 0 Å². The third-order valence-corrected chi connectivity index (χ3v) is 6.32. The normalized spacial score (nSPS) is 12.1. The van der Waals surface area contributed by atoms with Crippen molar-refractivity contribution < 1.29 is 8.42 Å². The van der Waals surface area contributed by atoms with Gasteiger partial charge < -0.3 is 5.32 Å². The largest absolute Gasteiger partial charge is 0.309 e. The Morgan fingerprint density at radius 3 is 1.96 bits per heavy atom. The van der Waals surface area contributed by atoms with Gasteiger partial charge in [-0.15, -0.1) is 0 Å². The van der Waals surface area contributed by atoms with Crippen LogP contribution in [0.5, 0.6) is 0 Å². The molecule has 0 amide bonds. The van der Waals surface area contributed by atoms with Crippen molar-refractivity contribution in [2.45, 2.75) is 51.7 Å². The van der Waals surface area contributed by atoms with Crippen molar-refractivity contribution >= 4 is 10.0 Å². The Morgan fingerprint density at radius 2 is 1.44 bits per heavy atom. The summed E-state index contributed by atoms with van der Waals surface area (Å²) in [6, 6.07) is 13.6. The molecule has 0 fully saturated rings. The van der Waals surface area contributed by atoms with E-state index in [9.17, 15) is 8.42 Å². The number of sulfonamides is 1. The van der Waals surface area contributed by atoms with Gasteiger partial charge in [-0.3, -0.25) is 0 Å². The summed E-state index contributed by atoms with van der Waals surface area (Å²) in [7, 11) is -1.80. The van der Waals surface area contributed by atoms with E-state index in [4.69, 9.17) is 0 Å². The van der Waals surface area contributed by atoms with E-state index in [0.717, 1.165) is 12.1 Å². The van der Waals surface area contributed by atoms with E-state index in [-0.39, 0.29) is 6.04 Å². The Hall–Kier alpha value is -1.69. The molecule has 2 aromatic rings. The van der Waals surface area contributed by atoms with E-state index < -0.39 is 10.0 Å². The molecule has 0 saturated carbocycles. The van der Waals surface area contributed by atoms with E-state index in [0.29, 0.717) is 11.4 Å². The molecule has 0 saturated heterocycles. The minimum atomic E-state index is -3.42. The van der Waals surface area contributed by atoms with Gasteiger partial charge in [0.1, 0.15) is 0 Å². The van der Waals surface area contributed by atoms with Crippen LogP contribution in [0.15, 0.2) is 47.4 Å². The topological polar surface area (TPSA) is 49.4 Å². The van der Waals surface area contributed by atoms with Crippen LogP contribution in [0.4, 0.5) is 0 Å². The van der Waals surface area contributed by atoms with E-state index in [2.05, 4.69) is 37.4 Å². The Bertz CT molecular complexity index is 792. The zero-order chi connectivity index (χ0) is 18.6. The highest BCUT2D eigenvalue weighted by molar-refractivity contribution is 7.89. The molecule has 0 spiro atoms. The third kappa shape index (κ3) is 5.14. The second-order valence-electron chi connectivity index (χ2n) is 6.86. The Labute approximate surface area is 151 Å². The average Bonchev–Trinajstić information content (AvgIpc) is 2.53. The molecule has 136 valence electrons. The first-order valence-corrected chi connectivity index (χ1v) is 9.99. The van der Waals surface area contributed by atoms with Gasteiger partial charge in [-0.1, -0.05) is 41.5 Å². The van der Waals surface area contributed by atoms with Crippen LogP contribution in [-0.2, 0) is 23.1 Å². The van der Waals surface area contributed by atoms with Crippen molar-refractivity contribution in [3.05, 3.63) is 64.7 Å². The van der Waals surface area contributed by atoms with Crippen LogP contribution < -0.4 is 5.32 Å². The molecule has 2 aromatic carbocycles. The van der Waals surface area contributed by atoms with Gasteiger partial charge in [-0.2, -0.15) is 4.31 Å². The van der Waals surface area contributed by atoms with Gasteiger partial charge in [0.25, 0.3) is 0 Å². The summed E-state index contributed by atoms with van der Waals surface area (Å²) in [5, 5.41) is 3.41.